The fourth-order valence-electron chi connectivity index (χ4n) is 2.94. The lowest BCUT2D eigenvalue weighted by Gasteiger charge is -2.43. The summed E-state index contributed by atoms with van der Waals surface area (Å²) in [6.45, 7) is 11.9. The van der Waals surface area contributed by atoms with Crippen LogP contribution < -0.4 is 5.32 Å². The number of hydrogen-bond acceptors (Lipinski definition) is 2. The lowest BCUT2D eigenvalue weighted by atomic mass is 9.97. The van der Waals surface area contributed by atoms with Gasteiger partial charge in [0.2, 0.25) is 0 Å². The molecule has 0 aromatic carbocycles. The topological polar surface area (TPSA) is 15.3 Å². The van der Waals surface area contributed by atoms with Crippen molar-refractivity contribution in [2.24, 2.45) is 11.8 Å². The van der Waals surface area contributed by atoms with Crippen LogP contribution in [0.2, 0.25) is 0 Å². The molecule has 0 aromatic heterocycles. The Morgan fingerprint density at radius 3 is 2.50 bits per heavy atom. The van der Waals surface area contributed by atoms with Crippen LogP contribution in [-0.4, -0.2) is 36.1 Å². The second-order valence-corrected chi connectivity index (χ2v) is 6.33. The average Bonchev–Trinajstić information content (AvgIpc) is 3.01. The minimum Gasteiger partial charge on any atom is -0.311 e. The van der Waals surface area contributed by atoms with Crippen LogP contribution in [0.4, 0.5) is 0 Å². The van der Waals surface area contributed by atoms with Crippen LogP contribution in [0, 0.1) is 11.8 Å². The molecule has 2 rings (SSSR count). The molecule has 16 heavy (non-hydrogen) atoms. The molecule has 1 N–H and O–H groups in total. The van der Waals surface area contributed by atoms with Gasteiger partial charge in [-0.25, -0.2) is 0 Å². The third-order valence-electron chi connectivity index (χ3n) is 4.39. The fraction of sp³-hybridized carbons (Fsp3) is 1.00. The SMILES string of the molecule is CC(C)C1CN(C(C)CC2CC2)C(C)CN1. The van der Waals surface area contributed by atoms with Crippen molar-refractivity contribution in [3.8, 4) is 0 Å². The Morgan fingerprint density at radius 1 is 1.25 bits per heavy atom. The van der Waals surface area contributed by atoms with Gasteiger partial charge in [0.25, 0.3) is 0 Å². The molecule has 0 bridgehead atoms. The molecule has 2 nitrogen and oxygen atoms in total. The molecule has 0 aromatic rings. The summed E-state index contributed by atoms with van der Waals surface area (Å²) in [5.74, 6) is 1.80. The first-order valence-corrected chi connectivity index (χ1v) is 7.07. The standard InChI is InChI=1S/C14H28N2/c1-10(2)14-9-16(12(4)8-15-14)11(3)7-13-5-6-13/h10-15H,5-9H2,1-4H3. The highest BCUT2D eigenvalue weighted by molar-refractivity contribution is 4.89. The van der Waals surface area contributed by atoms with E-state index in [1.54, 1.807) is 0 Å². The molecule has 0 spiro atoms. The zero-order chi connectivity index (χ0) is 11.7. The van der Waals surface area contributed by atoms with Crippen molar-refractivity contribution >= 4 is 0 Å². The molecule has 1 aliphatic heterocycles. The van der Waals surface area contributed by atoms with Gasteiger partial charge in [0.15, 0.2) is 0 Å². The third kappa shape index (κ3) is 2.98. The summed E-state index contributed by atoms with van der Waals surface area (Å²) in [6, 6.07) is 2.19. The Balaban J connectivity index is 1.88. The molecule has 1 saturated heterocycles. The van der Waals surface area contributed by atoms with E-state index in [-0.39, 0.29) is 0 Å². The van der Waals surface area contributed by atoms with Gasteiger partial charge in [-0.05, 0) is 32.1 Å². The number of hydrogen-bond donors (Lipinski definition) is 1. The first-order valence-electron chi connectivity index (χ1n) is 7.07. The maximum atomic E-state index is 3.68. The molecule has 1 saturated carbocycles. The zero-order valence-corrected chi connectivity index (χ0v) is 11.4. The highest BCUT2D eigenvalue weighted by Crippen LogP contribution is 2.35. The number of nitrogens with zero attached hydrogens (tertiary/aromatic N) is 1. The molecular weight excluding hydrogens is 196 g/mol. The highest BCUT2D eigenvalue weighted by Gasteiger charge is 2.32. The second-order valence-electron chi connectivity index (χ2n) is 6.33. The quantitative estimate of drug-likeness (QED) is 0.789. The Bertz CT molecular complexity index is 223. The van der Waals surface area contributed by atoms with Crippen LogP contribution in [0.5, 0.6) is 0 Å². The van der Waals surface area contributed by atoms with Crippen LogP contribution >= 0.6 is 0 Å². The Kier molecular flexibility index (Phi) is 3.91. The molecule has 1 heterocycles. The predicted molar refractivity (Wildman–Crippen MR) is 69.6 cm³/mol. The van der Waals surface area contributed by atoms with Gasteiger partial charge in [0, 0.05) is 31.2 Å². The molecule has 3 unspecified atom stereocenters. The van der Waals surface area contributed by atoms with E-state index < -0.39 is 0 Å². The van der Waals surface area contributed by atoms with Gasteiger partial charge in [0.1, 0.15) is 0 Å². The van der Waals surface area contributed by atoms with E-state index in [4.69, 9.17) is 0 Å². The van der Waals surface area contributed by atoms with E-state index in [1.807, 2.05) is 0 Å². The van der Waals surface area contributed by atoms with Gasteiger partial charge in [-0.1, -0.05) is 26.7 Å². The summed E-state index contributed by atoms with van der Waals surface area (Å²) in [7, 11) is 0. The van der Waals surface area contributed by atoms with Crippen LogP contribution in [0.3, 0.4) is 0 Å². The smallest absolute Gasteiger partial charge is 0.0218 e. The Labute approximate surface area is 101 Å². The fourth-order valence-corrected chi connectivity index (χ4v) is 2.94. The van der Waals surface area contributed by atoms with E-state index in [1.165, 1.54) is 25.8 Å². The van der Waals surface area contributed by atoms with E-state index in [0.29, 0.717) is 12.1 Å². The molecular formula is C14H28N2. The Morgan fingerprint density at radius 2 is 1.94 bits per heavy atom. The minimum atomic E-state index is 0.692. The molecule has 0 amide bonds. The van der Waals surface area contributed by atoms with Crippen molar-refractivity contribution in [3.63, 3.8) is 0 Å². The maximum Gasteiger partial charge on any atom is 0.0218 e. The summed E-state index contributed by atoms with van der Waals surface area (Å²) >= 11 is 0. The second kappa shape index (κ2) is 5.05. The molecule has 3 atom stereocenters. The number of nitrogens with one attached hydrogen (secondary N) is 1. The van der Waals surface area contributed by atoms with Gasteiger partial charge in [-0.3, -0.25) is 4.90 Å². The van der Waals surface area contributed by atoms with E-state index in [2.05, 4.69) is 37.9 Å². The lowest BCUT2D eigenvalue weighted by Crippen LogP contribution is -2.59. The summed E-state index contributed by atoms with van der Waals surface area (Å²) in [5.41, 5.74) is 0. The van der Waals surface area contributed by atoms with Gasteiger partial charge < -0.3 is 5.32 Å². The monoisotopic (exact) mass is 224 g/mol. The molecule has 0 radical (unpaired) electrons. The molecule has 2 aliphatic rings. The predicted octanol–water partition coefficient (Wildman–Crippen LogP) is 2.49. The normalized spacial score (nSPS) is 34.3. The minimum absolute atomic E-state index is 0.692. The van der Waals surface area contributed by atoms with Crippen molar-refractivity contribution in [3.05, 3.63) is 0 Å². The van der Waals surface area contributed by atoms with E-state index >= 15 is 0 Å². The van der Waals surface area contributed by atoms with Crippen LogP contribution in [0.15, 0.2) is 0 Å². The first-order chi connectivity index (χ1) is 7.58. The average molecular weight is 224 g/mol. The summed E-state index contributed by atoms with van der Waals surface area (Å²) in [4.78, 5) is 2.74. The largest absolute Gasteiger partial charge is 0.311 e. The summed E-state index contributed by atoms with van der Waals surface area (Å²) in [6.07, 6.45) is 4.39. The van der Waals surface area contributed by atoms with Crippen molar-refractivity contribution in [1.82, 2.24) is 10.2 Å². The van der Waals surface area contributed by atoms with Crippen molar-refractivity contribution < 1.29 is 0 Å². The highest BCUT2D eigenvalue weighted by atomic mass is 15.2. The molecule has 1 aliphatic carbocycles. The van der Waals surface area contributed by atoms with E-state index in [9.17, 15) is 0 Å². The van der Waals surface area contributed by atoms with E-state index in [0.717, 1.165) is 24.4 Å². The van der Waals surface area contributed by atoms with Crippen LogP contribution in [0.25, 0.3) is 0 Å². The lowest BCUT2D eigenvalue weighted by molar-refractivity contribution is 0.0790. The summed E-state index contributed by atoms with van der Waals surface area (Å²) in [5, 5.41) is 3.68. The van der Waals surface area contributed by atoms with Gasteiger partial charge in [-0.2, -0.15) is 0 Å². The van der Waals surface area contributed by atoms with Crippen molar-refractivity contribution in [2.45, 2.75) is 65.1 Å². The molecule has 2 heteroatoms. The van der Waals surface area contributed by atoms with Crippen LogP contribution in [-0.2, 0) is 0 Å². The maximum absolute atomic E-state index is 3.68. The van der Waals surface area contributed by atoms with Gasteiger partial charge in [0.05, 0.1) is 0 Å². The zero-order valence-electron chi connectivity index (χ0n) is 11.4. The molecule has 2 fully saturated rings. The third-order valence-corrected chi connectivity index (χ3v) is 4.39. The number of piperazine rings is 1. The molecule has 94 valence electrons. The Hall–Kier alpha value is -0.0800. The van der Waals surface area contributed by atoms with Gasteiger partial charge in [-0.15, -0.1) is 0 Å². The summed E-state index contributed by atoms with van der Waals surface area (Å²) < 4.78 is 0. The first kappa shape index (κ1) is 12.4. The number of rotatable bonds is 4. The van der Waals surface area contributed by atoms with Crippen molar-refractivity contribution in [1.29, 1.82) is 0 Å². The van der Waals surface area contributed by atoms with Crippen molar-refractivity contribution in [2.75, 3.05) is 13.1 Å². The van der Waals surface area contributed by atoms with Crippen LogP contribution in [0.1, 0.15) is 47.0 Å². The van der Waals surface area contributed by atoms with Gasteiger partial charge >= 0.3 is 0 Å².